The minimum Gasteiger partial charge on any atom is -0.381 e. The zero-order valence-corrected chi connectivity index (χ0v) is 8.98. The van der Waals surface area contributed by atoms with Crippen molar-refractivity contribution in [1.29, 1.82) is 0 Å². The van der Waals surface area contributed by atoms with E-state index in [2.05, 4.69) is 14.8 Å². The lowest BCUT2D eigenvalue weighted by Crippen LogP contribution is -2.11. The molecule has 0 N–H and O–H groups in total. The number of nitrogens with zero attached hydrogens (tertiary/aromatic N) is 3. The second-order valence-electron chi connectivity index (χ2n) is 4.56. The molecule has 4 heteroatoms. The zero-order chi connectivity index (χ0) is 10.1. The van der Waals surface area contributed by atoms with E-state index >= 15 is 0 Å². The molecule has 4 nitrogen and oxygen atoms in total. The molecule has 2 aliphatic heterocycles. The summed E-state index contributed by atoms with van der Waals surface area (Å²) in [5, 5.41) is 4.56. The van der Waals surface area contributed by atoms with Crippen LogP contribution in [0, 0.1) is 5.92 Å². The van der Waals surface area contributed by atoms with E-state index in [0.29, 0.717) is 5.92 Å². The molecule has 1 unspecified atom stereocenters. The molecular weight excluding hydrogens is 190 g/mol. The van der Waals surface area contributed by atoms with Crippen molar-refractivity contribution in [3.05, 3.63) is 11.6 Å². The Morgan fingerprint density at radius 3 is 3.20 bits per heavy atom. The number of hydrogen-bond donors (Lipinski definition) is 0. The number of rotatable bonds is 2. The van der Waals surface area contributed by atoms with E-state index in [0.717, 1.165) is 38.4 Å². The number of aromatic nitrogens is 3. The van der Waals surface area contributed by atoms with Gasteiger partial charge in [0.05, 0.1) is 0 Å². The van der Waals surface area contributed by atoms with Crippen LogP contribution in [0.2, 0.25) is 0 Å². The summed E-state index contributed by atoms with van der Waals surface area (Å²) in [5.41, 5.74) is 0. The van der Waals surface area contributed by atoms with Gasteiger partial charge in [-0.3, -0.25) is 0 Å². The highest BCUT2D eigenvalue weighted by atomic mass is 16.5. The van der Waals surface area contributed by atoms with Crippen LogP contribution in [0.25, 0.3) is 0 Å². The minimum absolute atomic E-state index is 0.648. The largest absolute Gasteiger partial charge is 0.381 e. The maximum atomic E-state index is 5.37. The average Bonchev–Trinajstić information content (AvgIpc) is 2.86. The van der Waals surface area contributed by atoms with Crippen LogP contribution < -0.4 is 0 Å². The van der Waals surface area contributed by atoms with Gasteiger partial charge in [-0.1, -0.05) is 0 Å². The first-order chi connectivity index (χ1) is 7.42. The second-order valence-corrected chi connectivity index (χ2v) is 4.56. The van der Waals surface area contributed by atoms with Crippen molar-refractivity contribution in [3.8, 4) is 0 Å². The summed E-state index contributed by atoms with van der Waals surface area (Å²) in [4.78, 5) is 4.61. The smallest absolute Gasteiger partial charge is 0.151 e. The quantitative estimate of drug-likeness (QED) is 0.731. The summed E-state index contributed by atoms with van der Waals surface area (Å²) in [5.74, 6) is 2.87. The summed E-state index contributed by atoms with van der Waals surface area (Å²) >= 11 is 0. The summed E-state index contributed by atoms with van der Waals surface area (Å²) in [7, 11) is 0. The first kappa shape index (κ1) is 9.33. The molecule has 2 aliphatic rings. The van der Waals surface area contributed by atoms with Crippen molar-refractivity contribution in [1.82, 2.24) is 14.8 Å². The van der Waals surface area contributed by atoms with Crippen LogP contribution in [0.15, 0.2) is 0 Å². The van der Waals surface area contributed by atoms with E-state index in [1.54, 1.807) is 0 Å². The number of fused-ring (bicyclic) bond motifs is 1. The number of ether oxygens (including phenoxy) is 1. The predicted octanol–water partition coefficient (Wildman–Crippen LogP) is 1.19. The summed E-state index contributed by atoms with van der Waals surface area (Å²) in [6.07, 6.45) is 5.80. The van der Waals surface area contributed by atoms with Crippen molar-refractivity contribution in [2.75, 3.05) is 13.2 Å². The third-order valence-corrected chi connectivity index (χ3v) is 3.31. The van der Waals surface area contributed by atoms with Crippen molar-refractivity contribution in [3.63, 3.8) is 0 Å². The van der Waals surface area contributed by atoms with E-state index in [1.165, 1.54) is 25.1 Å². The Labute approximate surface area is 89.6 Å². The van der Waals surface area contributed by atoms with Crippen LogP contribution in [-0.2, 0) is 24.1 Å². The fraction of sp³-hybridized carbons (Fsp3) is 0.818. The van der Waals surface area contributed by atoms with Gasteiger partial charge in [0.1, 0.15) is 5.82 Å². The molecule has 1 atom stereocenters. The van der Waals surface area contributed by atoms with Crippen LogP contribution in [0.4, 0.5) is 0 Å². The Morgan fingerprint density at radius 2 is 2.40 bits per heavy atom. The molecule has 1 aromatic heterocycles. The molecule has 0 radical (unpaired) electrons. The van der Waals surface area contributed by atoms with Gasteiger partial charge >= 0.3 is 0 Å². The Kier molecular flexibility index (Phi) is 2.44. The van der Waals surface area contributed by atoms with Gasteiger partial charge in [-0.25, -0.2) is 9.67 Å². The molecule has 0 amide bonds. The maximum absolute atomic E-state index is 5.37. The zero-order valence-electron chi connectivity index (χ0n) is 8.98. The molecule has 0 aliphatic carbocycles. The SMILES string of the molecule is C1CCn2nc(CC3CCOC3)nc2C1. The fourth-order valence-electron chi connectivity index (χ4n) is 2.42. The molecule has 0 aromatic carbocycles. The molecule has 0 spiro atoms. The van der Waals surface area contributed by atoms with Crippen LogP contribution in [0.1, 0.15) is 30.9 Å². The lowest BCUT2D eigenvalue weighted by Gasteiger charge is -2.09. The number of aryl methyl sites for hydroxylation is 2. The topological polar surface area (TPSA) is 39.9 Å². The van der Waals surface area contributed by atoms with Gasteiger partial charge in [-0.15, -0.1) is 0 Å². The Morgan fingerprint density at radius 1 is 1.40 bits per heavy atom. The third-order valence-electron chi connectivity index (χ3n) is 3.31. The summed E-state index contributed by atoms with van der Waals surface area (Å²) in [6, 6.07) is 0. The molecule has 1 aromatic rings. The standard InChI is InChI=1S/C11H17N3O/c1-2-5-14-11(3-1)12-10(13-14)7-9-4-6-15-8-9/h9H,1-8H2. The first-order valence-corrected chi connectivity index (χ1v) is 5.92. The Bertz CT molecular complexity index is 318. The summed E-state index contributed by atoms with van der Waals surface area (Å²) in [6.45, 7) is 2.87. The van der Waals surface area contributed by atoms with E-state index < -0.39 is 0 Å². The monoisotopic (exact) mass is 207 g/mol. The molecule has 1 fully saturated rings. The second kappa shape index (κ2) is 3.93. The van der Waals surface area contributed by atoms with E-state index in [4.69, 9.17) is 4.74 Å². The normalized spacial score (nSPS) is 25.5. The molecule has 15 heavy (non-hydrogen) atoms. The van der Waals surface area contributed by atoms with Crippen molar-refractivity contribution in [2.24, 2.45) is 5.92 Å². The molecule has 1 saturated heterocycles. The van der Waals surface area contributed by atoms with E-state index in [1.807, 2.05) is 0 Å². The highest BCUT2D eigenvalue weighted by Gasteiger charge is 2.20. The van der Waals surface area contributed by atoms with Crippen LogP contribution in [0.3, 0.4) is 0 Å². The Hall–Kier alpha value is -0.900. The van der Waals surface area contributed by atoms with Crippen molar-refractivity contribution < 1.29 is 4.74 Å². The van der Waals surface area contributed by atoms with Gasteiger partial charge in [0.2, 0.25) is 0 Å². The van der Waals surface area contributed by atoms with Crippen LogP contribution >= 0.6 is 0 Å². The van der Waals surface area contributed by atoms with Gasteiger partial charge in [0.25, 0.3) is 0 Å². The highest BCUT2D eigenvalue weighted by molar-refractivity contribution is 4.97. The van der Waals surface area contributed by atoms with Crippen LogP contribution in [0.5, 0.6) is 0 Å². The fourth-order valence-corrected chi connectivity index (χ4v) is 2.42. The van der Waals surface area contributed by atoms with Gasteiger partial charge < -0.3 is 4.74 Å². The van der Waals surface area contributed by atoms with Crippen LogP contribution in [-0.4, -0.2) is 28.0 Å². The van der Waals surface area contributed by atoms with E-state index in [-0.39, 0.29) is 0 Å². The van der Waals surface area contributed by atoms with Gasteiger partial charge in [-0.2, -0.15) is 5.10 Å². The molecule has 82 valence electrons. The minimum atomic E-state index is 0.648. The number of hydrogen-bond acceptors (Lipinski definition) is 3. The van der Waals surface area contributed by atoms with E-state index in [9.17, 15) is 0 Å². The molecule has 0 bridgehead atoms. The van der Waals surface area contributed by atoms with Gasteiger partial charge in [0.15, 0.2) is 5.82 Å². The molecule has 0 saturated carbocycles. The lowest BCUT2D eigenvalue weighted by molar-refractivity contribution is 0.185. The molecule has 3 rings (SSSR count). The lowest BCUT2D eigenvalue weighted by atomic mass is 10.1. The van der Waals surface area contributed by atoms with Gasteiger partial charge in [-0.05, 0) is 25.2 Å². The Balaban J connectivity index is 1.72. The summed E-state index contributed by atoms with van der Waals surface area (Å²) < 4.78 is 7.46. The molecule has 3 heterocycles. The third kappa shape index (κ3) is 1.91. The van der Waals surface area contributed by atoms with Gasteiger partial charge in [0, 0.05) is 32.6 Å². The average molecular weight is 207 g/mol. The molecular formula is C11H17N3O. The maximum Gasteiger partial charge on any atom is 0.151 e. The van der Waals surface area contributed by atoms with Crippen molar-refractivity contribution >= 4 is 0 Å². The first-order valence-electron chi connectivity index (χ1n) is 5.92. The highest BCUT2D eigenvalue weighted by Crippen LogP contribution is 2.18. The van der Waals surface area contributed by atoms with Crippen molar-refractivity contribution in [2.45, 2.75) is 38.6 Å². The predicted molar refractivity (Wildman–Crippen MR) is 55.6 cm³/mol.